The molecule has 0 fully saturated rings. The van der Waals surface area contributed by atoms with Gasteiger partial charge in [0.1, 0.15) is 5.75 Å². The fourth-order valence-electron chi connectivity index (χ4n) is 1.23. The molecule has 0 aliphatic carbocycles. The summed E-state index contributed by atoms with van der Waals surface area (Å²) < 4.78 is 5.50. The van der Waals surface area contributed by atoms with Crippen molar-refractivity contribution in [2.75, 3.05) is 6.61 Å². The lowest BCUT2D eigenvalue weighted by Crippen LogP contribution is -2.02. The van der Waals surface area contributed by atoms with E-state index in [2.05, 4.69) is 6.07 Å². The van der Waals surface area contributed by atoms with E-state index in [4.69, 9.17) is 15.4 Å². The first kappa shape index (κ1) is 11.3. The van der Waals surface area contributed by atoms with Gasteiger partial charge in [0, 0.05) is 11.3 Å². The Morgan fingerprint density at radius 1 is 1.53 bits per heavy atom. The van der Waals surface area contributed by atoms with Gasteiger partial charge in [-0.3, -0.25) is 0 Å². The molecule has 0 bridgehead atoms. The molecule has 0 saturated carbocycles. The van der Waals surface area contributed by atoms with Crippen LogP contribution in [-0.2, 0) is 0 Å². The second-order valence-corrected chi connectivity index (χ2v) is 3.30. The maximum atomic E-state index is 8.76. The van der Waals surface area contributed by atoms with Gasteiger partial charge in [0.05, 0.1) is 18.2 Å². The van der Waals surface area contributed by atoms with Crippen molar-refractivity contribution in [2.24, 2.45) is 0 Å². The van der Waals surface area contributed by atoms with E-state index in [1.54, 1.807) is 25.1 Å². The number of nitriles is 1. The number of ether oxygens (including phenoxy) is 1. The molecule has 78 valence electrons. The van der Waals surface area contributed by atoms with Crippen LogP contribution in [0.2, 0.25) is 0 Å². The molecule has 1 aromatic carbocycles. The van der Waals surface area contributed by atoms with E-state index in [1.807, 2.05) is 6.92 Å². The van der Waals surface area contributed by atoms with Crippen LogP contribution in [0.5, 0.6) is 5.75 Å². The van der Waals surface area contributed by atoms with Crippen LogP contribution < -0.4 is 4.74 Å². The smallest absolute Gasteiger partial charge is 0.129 e. The predicted octanol–water partition coefficient (Wildman–Crippen LogP) is 2.73. The Kier molecular flexibility index (Phi) is 3.87. The van der Waals surface area contributed by atoms with Crippen molar-refractivity contribution in [3.8, 4) is 11.8 Å². The summed E-state index contributed by atoms with van der Waals surface area (Å²) >= 11 is 0. The van der Waals surface area contributed by atoms with Gasteiger partial charge in [-0.05, 0) is 31.5 Å². The molecule has 0 saturated heterocycles. The van der Waals surface area contributed by atoms with Crippen LogP contribution in [-0.4, -0.2) is 12.3 Å². The van der Waals surface area contributed by atoms with E-state index in [-0.39, 0.29) is 0 Å². The Hall–Kier alpha value is -1.82. The zero-order valence-electron chi connectivity index (χ0n) is 9.00. The molecular formula is C12H14N2O. The standard InChI is InChI=1S/C12H14N2O/c1-3-6-15-12-7-10(8-13)4-5-11(12)9(2)14/h4-5,7,14H,3,6H2,1-2H3. The molecular weight excluding hydrogens is 188 g/mol. The minimum Gasteiger partial charge on any atom is -0.493 e. The quantitative estimate of drug-likeness (QED) is 0.763. The van der Waals surface area contributed by atoms with Crippen molar-refractivity contribution >= 4 is 5.71 Å². The Bertz CT molecular complexity index is 405. The molecule has 0 amide bonds. The summed E-state index contributed by atoms with van der Waals surface area (Å²) in [6, 6.07) is 7.20. The van der Waals surface area contributed by atoms with Crippen molar-refractivity contribution in [3.05, 3.63) is 29.3 Å². The van der Waals surface area contributed by atoms with Gasteiger partial charge < -0.3 is 10.1 Å². The molecule has 0 atom stereocenters. The van der Waals surface area contributed by atoms with Crippen molar-refractivity contribution in [1.29, 1.82) is 10.7 Å². The van der Waals surface area contributed by atoms with E-state index in [0.717, 1.165) is 12.0 Å². The van der Waals surface area contributed by atoms with Gasteiger partial charge in [0.25, 0.3) is 0 Å². The first-order chi connectivity index (χ1) is 7.19. The Labute approximate surface area is 89.8 Å². The maximum absolute atomic E-state index is 8.76. The van der Waals surface area contributed by atoms with E-state index >= 15 is 0 Å². The third kappa shape index (κ3) is 2.81. The predicted molar refractivity (Wildman–Crippen MR) is 59.4 cm³/mol. The number of hydrogen-bond donors (Lipinski definition) is 1. The average molecular weight is 202 g/mol. The van der Waals surface area contributed by atoms with E-state index in [9.17, 15) is 0 Å². The third-order valence-corrected chi connectivity index (χ3v) is 1.98. The highest BCUT2D eigenvalue weighted by atomic mass is 16.5. The fourth-order valence-corrected chi connectivity index (χ4v) is 1.23. The number of rotatable bonds is 4. The Morgan fingerprint density at radius 2 is 2.27 bits per heavy atom. The fraction of sp³-hybridized carbons (Fsp3) is 0.333. The average Bonchev–Trinajstić information content (AvgIpc) is 2.25. The summed E-state index contributed by atoms with van der Waals surface area (Å²) in [5.74, 6) is 0.628. The SMILES string of the molecule is CCCOc1cc(C#N)ccc1C(C)=N. The second-order valence-electron chi connectivity index (χ2n) is 3.30. The largest absolute Gasteiger partial charge is 0.493 e. The molecule has 0 aliphatic rings. The summed E-state index contributed by atoms with van der Waals surface area (Å²) in [7, 11) is 0. The van der Waals surface area contributed by atoms with E-state index in [0.29, 0.717) is 23.6 Å². The summed E-state index contributed by atoms with van der Waals surface area (Å²) in [6.07, 6.45) is 0.910. The van der Waals surface area contributed by atoms with Gasteiger partial charge in [0.2, 0.25) is 0 Å². The Balaban J connectivity index is 3.06. The number of nitrogens with one attached hydrogen (secondary N) is 1. The van der Waals surface area contributed by atoms with Crippen LogP contribution in [0.1, 0.15) is 31.4 Å². The molecule has 0 spiro atoms. The lowest BCUT2D eigenvalue weighted by Gasteiger charge is -2.09. The molecule has 1 rings (SSSR count). The molecule has 3 nitrogen and oxygen atoms in total. The van der Waals surface area contributed by atoms with Crippen molar-refractivity contribution in [1.82, 2.24) is 0 Å². The lowest BCUT2D eigenvalue weighted by molar-refractivity contribution is 0.317. The summed E-state index contributed by atoms with van der Waals surface area (Å²) in [5, 5.41) is 16.3. The van der Waals surface area contributed by atoms with Crippen molar-refractivity contribution in [2.45, 2.75) is 20.3 Å². The minimum absolute atomic E-state index is 0.450. The van der Waals surface area contributed by atoms with Crippen molar-refractivity contribution < 1.29 is 4.74 Å². The first-order valence-electron chi connectivity index (χ1n) is 4.91. The molecule has 15 heavy (non-hydrogen) atoms. The zero-order chi connectivity index (χ0) is 11.3. The van der Waals surface area contributed by atoms with Gasteiger partial charge >= 0.3 is 0 Å². The van der Waals surface area contributed by atoms with Gasteiger partial charge in [-0.1, -0.05) is 6.92 Å². The highest BCUT2D eigenvalue weighted by Crippen LogP contribution is 2.21. The monoisotopic (exact) mass is 202 g/mol. The van der Waals surface area contributed by atoms with Crippen LogP contribution in [0, 0.1) is 16.7 Å². The minimum atomic E-state index is 0.450. The van der Waals surface area contributed by atoms with Crippen LogP contribution in [0.25, 0.3) is 0 Å². The van der Waals surface area contributed by atoms with Crippen LogP contribution in [0.3, 0.4) is 0 Å². The third-order valence-electron chi connectivity index (χ3n) is 1.98. The second kappa shape index (κ2) is 5.16. The number of nitrogens with zero attached hydrogens (tertiary/aromatic N) is 1. The lowest BCUT2D eigenvalue weighted by atomic mass is 10.1. The number of benzene rings is 1. The van der Waals surface area contributed by atoms with Gasteiger partial charge in [0.15, 0.2) is 0 Å². The highest BCUT2D eigenvalue weighted by molar-refractivity contribution is 5.98. The zero-order valence-corrected chi connectivity index (χ0v) is 9.00. The van der Waals surface area contributed by atoms with Crippen LogP contribution in [0.15, 0.2) is 18.2 Å². The summed E-state index contributed by atoms with van der Waals surface area (Å²) in [6.45, 7) is 4.33. The van der Waals surface area contributed by atoms with Crippen LogP contribution in [0.4, 0.5) is 0 Å². The topological polar surface area (TPSA) is 56.9 Å². The van der Waals surface area contributed by atoms with E-state index in [1.165, 1.54) is 0 Å². The summed E-state index contributed by atoms with van der Waals surface area (Å²) in [5.41, 5.74) is 1.76. The van der Waals surface area contributed by atoms with Gasteiger partial charge in [-0.2, -0.15) is 5.26 Å². The molecule has 1 aromatic rings. The van der Waals surface area contributed by atoms with E-state index < -0.39 is 0 Å². The molecule has 0 aliphatic heterocycles. The Morgan fingerprint density at radius 3 is 2.80 bits per heavy atom. The molecule has 1 N–H and O–H groups in total. The van der Waals surface area contributed by atoms with Gasteiger partial charge in [-0.15, -0.1) is 0 Å². The molecule has 0 heterocycles. The normalized spacial score (nSPS) is 9.40. The molecule has 3 heteroatoms. The number of hydrogen-bond acceptors (Lipinski definition) is 3. The molecule has 0 unspecified atom stereocenters. The summed E-state index contributed by atoms with van der Waals surface area (Å²) in [4.78, 5) is 0. The van der Waals surface area contributed by atoms with Crippen LogP contribution >= 0.6 is 0 Å². The molecule has 0 radical (unpaired) electrons. The van der Waals surface area contributed by atoms with Gasteiger partial charge in [-0.25, -0.2) is 0 Å². The highest BCUT2D eigenvalue weighted by Gasteiger charge is 2.06. The van der Waals surface area contributed by atoms with Crippen molar-refractivity contribution in [3.63, 3.8) is 0 Å². The first-order valence-corrected chi connectivity index (χ1v) is 4.91. The maximum Gasteiger partial charge on any atom is 0.129 e. The molecule has 0 aromatic heterocycles.